The number of aromatic nitrogens is 2. The molecule has 1 amide bonds. The number of rotatable bonds is 6. The van der Waals surface area contributed by atoms with Crippen LogP contribution in [0, 0.1) is 0 Å². The first-order valence-electron chi connectivity index (χ1n) is 6.61. The van der Waals surface area contributed by atoms with Crippen LogP contribution in [0.15, 0.2) is 12.4 Å². The van der Waals surface area contributed by atoms with Gasteiger partial charge in [0.2, 0.25) is 0 Å². The summed E-state index contributed by atoms with van der Waals surface area (Å²) in [6, 6.07) is 1.02. The normalized spacial score (nSPS) is 16.2. The fourth-order valence-corrected chi connectivity index (χ4v) is 1.91. The average molecular weight is 263 g/mol. The van der Waals surface area contributed by atoms with E-state index in [9.17, 15) is 4.79 Å². The van der Waals surface area contributed by atoms with Crippen LogP contribution < -0.4 is 10.6 Å². The zero-order valence-corrected chi connectivity index (χ0v) is 11.7. The van der Waals surface area contributed by atoms with Crippen molar-refractivity contribution >= 4 is 11.7 Å². The number of anilines is 1. The van der Waals surface area contributed by atoms with Gasteiger partial charge in [0.1, 0.15) is 11.5 Å². The van der Waals surface area contributed by atoms with E-state index >= 15 is 0 Å². The Kier molecular flexibility index (Phi) is 4.31. The van der Waals surface area contributed by atoms with Crippen LogP contribution in [-0.2, 0) is 0 Å². The Bertz CT molecular complexity index is 446. The van der Waals surface area contributed by atoms with E-state index in [1.165, 1.54) is 19.0 Å². The molecule has 0 bridgehead atoms. The lowest BCUT2D eigenvalue weighted by Gasteiger charge is -2.24. The molecule has 1 saturated carbocycles. The summed E-state index contributed by atoms with van der Waals surface area (Å²) < 4.78 is 0. The molecule has 2 rings (SSSR count). The monoisotopic (exact) mass is 263 g/mol. The molecule has 6 heteroatoms. The fourth-order valence-electron chi connectivity index (χ4n) is 1.91. The maximum absolute atomic E-state index is 12.0. The summed E-state index contributed by atoms with van der Waals surface area (Å²) >= 11 is 0. The highest BCUT2D eigenvalue weighted by molar-refractivity contribution is 5.92. The molecule has 0 aliphatic heterocycles. The minimum Gasteiger partial charge on any atom is -0.372 e. The second kappa shape index (κ2) is 5.97. The van der Waals surface area contributed by atoms with Crippen molar-refractivity contribution in [2.24, 2.45) is 0 Å². The van der Waals surface area contributed by atoms with Crippen LogP contribution in [0.1, 0.15) is 30.3 Å². The molecular weight excluding hydrogens is 242 g/mol. The summed E-state index contributed by atoms with van der Waals surface area (Å²) in [5.74, 6) is 0.413. The number of carbonyl (C=O) groups excluding carboxylic acids is 1. The van der Waals surface area contributed by atoms with E-state index in [1.54, 1.807) is 13.2 Å². The fraction of sp³-hybridized carbons (Fsp3) is 0.615. The summed E-state index contributed by atoms with van der Waals surface area (Å²) in [4.78, 5) is 22.4. The SMILES string of the molecule is CNc1cncc(C(=O)NCC(C)N(C)C2CC2)n1. The quantitative estimate of drug-likeness (QED) is 0.792. The molecule has 0 aromatic carbocycles. The predicted molar refractivity (Wildman–Crippen MR) is 74.2 cm³/mol. The zero-order valence-electron chi connectivity index (χ0n) is 11.7. The van der Waals surface area contributed by atoms with E-state index < -0.39 is 0 Å². The number of nitrogens with zero attached hydrogens (tertiary/aromatic N) is 3. The van der Waals surface area contributed by atoms with Crippen molar-refractivity contribution in [3.05, 3.63) is 18.1 Å². The highest BCUT2D eigenvalue weighted by Crippen LogP contribution is 2.26. The Morgan fingerprint density at radius 2 is 2.26 bits per heavy atom. The van der Waals surface area contributed by atoms with E-state index in [1.807, 2.05) is 0 Å². The van der Waals surface area contributed by atoms with Crippen molar-refractivity contribution in [2.75, 3.05) is 26.0 Å². The lowest BCUT2D eigenvalue weighted by Crippen LogP contribution is -2.41. The third kappa shape index (κ3) is 3.64. The molecule has 2 N–H and O–H groups in total. The lowest BCUT2D eigenvalue weighted by atomic mass is 10.3. The average Bonchev–Trinajstić information content (AvgIpc) is 3.28. The predicted octanol–water partition coefficient (Wildman–Crippen LogP) is 0.731. The Morgan fingerprint density at radius 3 is 2.89 bits per heavy atom. The first-order chi connectivity index (χ1) is 9.11. The Labute approximate surface area is 113 Å². The minimum absolute atomic E-state index is 0.180. The molecule has 0 spiro atoms. The van der Waals surface area contributed by atoms with Gasteiger partial charge in [-0.1, -0.05) is 0 Å². The van der Waals surface area contributed by atoms with E-state index in [2.05, 4.69) is 39.5 Å². The third-order valence-corrected chi connectivity index (χ3v) is 3.50. The number of amides is 1. The van der Waals surface area contributed by atoms with Crippen molar-refractivity contribution in [2.45, 2.75) is 31.8 Å². The maximum Gasteiger partial charge on any atom is 0.271 e. The van der Waals surface area contributed by atoms with Crippen LogP contribution in [0.4, 0.5) is 5.82 Å². The molecule has 0 radical (unpaired) electrons. The number of hydrogen-bond donors (Lipinski definition) is 2. The molecule has 19 heavy (non-hydrogen) atoms. The van der Waals surface area contributed by atoms with Gasteiger partial charge in [0.25, 0.3) is 5.91 Å². The molecule has 1 aliphatic rings. The van der Waals surface area contributed by atoms with Gasteiger partial charge >= 0.3 is 0 Å². The van der Waals surface area contributed by atoms with Crippen LogP contribution in [0.5, 0.6) is 0 Å². The molecule has 1 aromatic heterocycles. The minimum atomic E-state index is -0.180. The van der Waals surface area contributed by atoms with E-state index in [0.29, 0.717) is 30.1 Å². The molecule has 1 fully saturated rings. The van der Waals surface area contributed by atoms with Crippen LogP contribution in [-0.4, -0.2) is 53.5 Å². The summed E-state index contributed by atoms with van der Waals surface area (Å²) in [7, 11) is 3.86. The molecule has 1 aliphatic carbocycles. The van der Waals surface area contributed by atoms with Crippen LogP contribution in [0.2, 0.25) is 0 Å². The van der Waals surface area contributed by atoms with E-state index in [0.717, 1.165) is 0 Å². The van der Waals surface area contributed by atoms with E-state index in [4.69, 9.17) is 0 Å². The van der Waals surface area contributed by atoms with Gasteiger partial charge < -0.3 is 10.6 Å². The smallest absolute Gasteiger partial charge is 0.271 e. The molecule has 1 aromatic rings. The Balaban J connectivity index is 1.86. The Hall–Kier alpha value is -1.69. The van der Waals surface area contributed by atoms with Gasteiger partial charge in [-0.25, -0.2) is 4.98 Å². The topological polar surface area (TPSA) is 70.2 Å². The lowest BCUT2D eigenvalue weighted by molar-refractivity contribution is 0.0934. The number of carbonyl (C=O) groups is 1. The van der Waals surface area contributed by atoms with Crippen molar-refractivity contribution in [3.8, 4) is 0 Å². The van der Waals surface area contributed by atoms with Gasteiger partial charge in [-0.15, -0.1) is 0 Å². The second-order valence-corrected chi connectivity index (χ2v) is 5.00. The molecule has 1 unspecified atom stereocenters. The Morgan fingerprint density at radius 1 is 1.53 bits per heavy atom. The van der Waals surface area contributed by atoms with Crippen molar-refractivity contribution < 1.29 is 4.79 Å². The third-order valence-electron chi connectivity index (χ3n) is 3.50. The van der Waals surface area contributed by atoms with Crippen LogP contribution in [0.25, 0.3) is 0 Å². The van der Waals surface area contributed by atoms with Gasteiger partial charge in [-0.05, 0) is 26.8 Å². The largest absolute Gasteiger partial charge is 0.372 e. The van der Waals surface area contributed by atoms with Crippen molar-refractivity contribution in [3.63, 3.8) is 0 Å². The van der Waals surface area contributed by atoms with Gasteiger partial charge in [-0.3, -0.25) is 14.7 Å². The number of likely N-dealkylation sites (N-methyl/N-ethyl adjacent to an activating group) is 1. The van der Waals surface area contributed by atoms with Crippen LogP contribution in [0.3, 0.4) is 0 Å². The summed E-state index contributed by atoms with van der Waals surface area (Å²) in [5, 5.41) is 5.77. The first-order valence-corrected chi connectivity index (χ1v) is 6.61. The van der Waals surface area contributed by atoms with Crippen molar-refractivity contribution in [1.29, 1.82) is 0 Å². The number of nitrogens with one attached hydrogen (secondary N) is 2. The molecule has 0 saturated heterocycles. The van der Waals surface area contributed by atoms with Gasteiger partial charge in [0, 0.05) is 25.7 Å². The van der Waals surface area contributed by atoms with Crippen molar-refractivity contribution in [1.82, 2.24) is 20.2 Å². The molecule has 6 nitrogen and oxygen atoms in total. The van der Waals surface area contributed by atoms with Crippen LogP contribution >= 0.6 is 0 Å². The van der Waals surface area contributed by atoms with Gasteiger partial charge in [0.05, 0.1) is 12.4 Å². The van der Waals surface area contributed by atoms with E-state index in [-0.39, 0.29) is 5.91 Å². The highest BCUT2D eigenvalue weighted by Gasteiger charge is 2.29. The standard InChI is InChI=1S/C13H21N5O/c1-9(18(3)10-4-5-10)6-16-13(19)11-7-15-8-12(14-2)17-11/h7-10H,4-6H2,1-3H3,(H,14,17)(H,16,19). The second-order valence-electron chi connectivity index (χ2n) is 5.00. The molecule has 104 valence electrons. The highest BCUT2D eigenvalue weighted by atomic mass is 16.1. The molecule has 1 atom stereocenters. The van der Waals surface area contributed by atoms with Gasteiger partial charge in [-0.2, -0.15) is 0 Å². The zero-order chi connectivity index (χ0) is 13.8. The molecular formula is C13H21N5O. The summed E-state index contributed by atoms with van der Waals surface area (Å²) in [6.07, 6.45) is 5.60. The maximum atomic E-state index is 12.0. The molecule has 1 heterocycles. The summed E-state index contributed by atoms with van der Waals surface area (Å²) in [5.41, 5.74) is 0.341. The van der Waals surface area contributed by atoms with Gasteiger partial charge in [0.15, 0.2) is 0 Å². The summed E-state index contributed by atoms with van der Waals surface area (Å²) in [6.45, 7) is 2.74. The number of hydrogen-bond acceptors (Lipinski definition) is 5. The first kappa shape index (κ1) is 13.7.